The summed E-state index contributed by atoms with van der Waals surface area (Å²) in [6.45, 7) is 8.01. The Bertz CT molecular complexity index is 309. The van der Waals surface area contributed by atoms with Crippen molar-refractivity contribution < 1.29 is 26.4 Å². The highest BCUT2D eigenvalue weighted by Gasteiger charge is 2.25. The lowest BCUT2D eigenvalue weighted by Gasteiger charge is -2.28. The first kappa shape index (κ1) is 18.9. The van der Waals surface area contributed by atoms with Crippen molar-refractivity contribution in [3.8, 4) is 0 Å². The lowest BCUT2D eigenvalue weighted by atomic mass is 10.2. The Morgan fingerprint density at radius 3 is 1.76 bits per heavy atom. The second kappa shape index (κ2) is 8.57. The van der Waals surface area contributed by atoms with E-state index in [0.29, 0.717) is 10.4 Å². The van der Waals surface area contributed by atoms with Crippen molar-refractivity contribution in [1.29, 1.82) is 0 Å². The third-order valence-electron chi connectivity index (χ3n) is 2.67. The van der Waals surface area contributed by atoms with Crippen LogP contribution in [0.1, 0.15) is 33.6 Å². The Kier molecular flexibility index (Phi) is 9.51. The standard InChI is InChI=1S/C9H20NO.CH4O4S/c1-5-8-9(11)10(4,6-2)7-3;1-5-6(2,3)4/h5-8H2,1-4H3;1H3,(H,2,3,4)/q+1;/p-1. The maximum Gasteiger partial charge on any atom is 0.313 e. The summed E-state index contributed by atoms with van der Waals surface area (Å²) >= 11 is 0. The van der Waals surface area contributed by atoms with E-state index >= 15 is 0 Å². The van der Waals surface area contributed by atoms with E-state index in [2.05, 4.69) is 18.0 Å². The van der Waals surface area contributed by atoms with Crippen LogP contribution in [0.5, 0.6) is 0 Å². The molecule has 0 aromatic rings. The van der Waals surface area contributed by atoms with Gasteiger partial charge in [0, 0.05) is 0 Å². The number of rotatable bonds is 5. The molecule has 0 N–H and O–H groups in total. The van der Waals surface area contributed by atoms with Gasteiger partial charge in [0.2, 0.25) is 10.4 Å². The molecule has 0 heterocycles. The van der Waals surface area contributed by atoms with Crippen molar-refractivity contribution in [3.05, 3.63) is 0 Å². The number of amides is 1. The number of quaternary nitrogens is 1. The van der Waals surface area contributed by atoms with E-state index < -0.39 is 10.4 Å². The maximum atomic E-state index is 11.5. The van der Waals surface area contributed by atoms with E-state index in [0.717, 1.165) is 33.0 Å². The van der Waals surface area contributed by atoms with Crippen molar-refractivity contribution >= 4 is 16.3 Å². The van der Waals surface area contributed by atoms with Crippen LogP contribution in [0.4, 0.5) is 0 Å². The summed E-state index contributed by atoms with van der Waals surface area (Å²) in [6.07, 6.45) is 1.69. The van der Waals surface area contributed by atoms with Gasteiger partial charge in [-0.05, 0) is 20.3 Å². The lowest BCUT2D eigenvalue weighted by molar-refractivity contribution is -0.831. The second-order valence-corrected chi connectivity index (χ2v) is 4.90. The molecule has 0 aromatic carbocycles. The highest BCUT2D eigenvalue weighted by molar-refractivity contribution is 7.80. The van der Waals surface area contributed by atoms with Gasteiger partial charge in [0.15, 0.2) is 0 Å². The maximum absolute atomic E-state index is 11.5. The van der Waals surface area contributed by atoms with Crippen molar-refractivity contribution in [3.63, 3.8) is 0 Å². The van der Waals surface area contributed by atoms with E-state index in [1.54, 1.807) is 0 Å². The fourth-order valence-corrected chi connectivity index (χ4v) is 1.06. The van der Waals surface area contributed by atoms with Gasteiger partial charge in [-0.3, -0.25) is 8.67 Å². The molecule has 0 bridgehead atoms. The molecule has 17 heavy (non-hydrogen) atoms. The molecule has 0 aliphatic carbocycles. The van der Waals surface area contributed by atoms with Gasteiger partial charge in [0.25, 0.3) is 0 Å². The van der Waals surface area contributed by atoms with Gasteiger partial charge < -0.3 is 4.55 Å². The summed E-state index contributed by atoms with van der Waals surface area (Å²) in [5, 5.41) is 0. The zero-order valence-corrected chi connectivity index (χ0v) is 12.0. The summed E-state index contributed by atoms with van der Waals surface area (Å²) in [4.78, 5) is 11.5. The SMILES string of the molecule is CCCC(=O)[N+](C)(CC)CC.COS(=O)(=O)[O-]. The second-order valence-electron chi connectivity index (χ2n) is 3.75. The molecule has 0 aromatic heterocycles. The van der Waals surface area contributed by atoms with Crippen molar-refractivity contribution in [1.82, 2.24) is 0 Å². The van der Waals surface area contributed by atoms with Crippen LogP contribution < -0.4 is 0 Å². The molecule has 0 atom stereocenters. The average Bonchev–Trinajstić information content (AvgIpc) is 2.28. The van der Waals surface area contributed by atoms with E-state index in [9.17, 15) is 17.8 Å². The summed E-state index contributed by atoms with van der Waals surface area (Å²) < 4.78 is 31.6. The fraction of sp³-hybridized carbons (Fsp3) is 0.900. The van der Waals surface area contributed by atoms with Crippen LogP contribution >= 0.6 is 0 Å². The minimum Gasteiger partial charge on any atom is -0.726 e. The van der Waals surface area contributed by atoms with E-state index in [1.807, 2.05) is 14.0 Å². The highest BCUT2D eigenvalue weighted by atomic mass is 32.3. The van der Waals surface area contributed by atoms with Crippen LogP contribution in [-0.2, 0) is 19.4 Å². The molecular formula is C10H23NO5S. The molecule has 0 fully saturated rings. The molecule has 0 aliphatic heterocycles. The van der Waals surface area contributed by atoms with Gasteiger partial charge in [-0.2, -0.15) is 0 Å². The predicted molar refractivity (Wildman–Crippen MR) is 63.9 cm³/mol. The number of nitrogens with zero attached hydrogens (tertiary/aromatic N) is 1. The summed E-state index contributed by atoms with van der Waals surface area (Å²) in [6, 6.07) is 0. The van der Waals surface area contributed by atoms with Crippen LogP contribution in [0.15, 0.2) is 0 Å². The molecule has 0 saturated carbocycles. The molecular weight excluding hydrogens is 246 g/mol. The van der Waals surface area contributed by atoms with Crippen molar-refractivity contribution in [2.45, 2.75) is 33.6 Å². The van der Waals surface area contributed by atoms with E-state index in [-0.39, 0.29) is 0 Å². The first-order chi connectivity index (χ1) is 7.66. The molecule has 0 spiro atoms. The Morgan fingerprint density at radius 1 is 1.24 bits per heavy atom. The third kappa shape index (κ3) is 9.22. The molecule has 0 unspecified atom stereocenters. The summed E-state index contributed by atoms with van der Waals surface area (Å²) in [7, 11) is -1.59. The molecule has 104 valence electrons. The van der Waals surface area contributed by atoms with E-state index in [1.165, 1.54) is 0 Å². The summed E-state index contributed by atoms with van der Waals surface area (Å²) in [5.41, 5.74) is 0. The Labute approximate surface area is 104 Å². The molecule has 0 aliphatic rings. The van der Waals surface area contributed by atoms with Gasteiger partial charge in [0.1, 0.15) is 0 Å². The Hall–Kier alpha value is -0.500. The Morgan fingerprint density at radius 2 is 1.59 bits per heavy atom. The number of carbonyl (C=O) groups is 1. The van der Waals surface area contributed by atoms with Crippen molar-refractivity contribution in [2.24, 2.45) is 0 Å². The van der Waals surface area contributed by atoms with Crippen LogP contribution in [0.25, 0.3) is 0 Å². The Balaban J connectivity index is 0. The van der Waals surface area contributed by atoms with Crippen LogP contribution in [0.3, 0.4) is 0 Å². The highest BCUT2D eigenvalue weighted by Crippen LogP contribution is 2.06. The number of hydrogen-bond donors (Lipinski definition) is 0. The van der Waals surface area contributed by atoms with Gasteiger partial charge in [0.05, 0.1) is 33.7 Å². The largest absolute Gasteiger partial charge is 0.726 e. The predicted octanol–water partition coefficient (Wildman–Crippen LogP) is 0.893. The zero-order valence-electron chi connectivity index (χ0n) is 11.2. The first-order valence-electron chi connectivity index (χ1n) is 5.56. The van der Waals surface area contributed by atoms with Gasteiger partial charge in [-0.15, -0.1) is 0 Å². The lowest BCUT2D eigenvalue weighted by Crippen LogP contribution is -2.48. The average molecular weight is 269 g/mol. The fourth-order valence-electron chi connectivity index (χ4n) is 1.06. The first-order valence-corrected chi connectivity index (χ1v) is 6.89. The van der Waals surface area contributed by atoms with Crippen molar-refractivity contribution in [2.75, 3.05) is 27.2 Å². The molecule has 0 saturated heterocycles. The monoisotopic (exact) mass is 269 g/mol. The van der Waals surface area contributed by atoms with Gasteiger partial charge in [-0.25, -0.2) is 13.2 Å². The molecule has 0 radical (unpaired) electrons. The van der Waals surface area contributed by atoms with Crippen LogP contribution in [-0.4, -0.2) is 50.6 Å². The van der Waals surface area contributed by atoms with Crippen LogP contribution in [0, 0.1) is 0 Å². The number of carbonyl (C=O) groups excluding carboxylic acids is 1. The molecule has 6 nitrogen and oxygen atoms in total. The quantitative estimate of drug-likeness (QED) is 0.420. The van der Waals surface area contributed by atoms with Crippen LogP contribution in [0.2, 0.25) is 0 Å². The molecule has 7 heteroatoms. The van der Waals surface area contributed by atoms with E-state index in [4.69, 9.17) is 0 Å². The molecule has 1 amide bonds. The smallest absolute Gasteiger partial charge is 0.313 e. The minimum absolute atomic E-state index is 0.373. The topological polar surface area (TPSA) is 83.5 Å². The molecule has 0 rings (SSSR count). The normalized spacial score (nSPS) is 11.6. The van der Waals surface area contributed by atoms with Gasteiger partial charge >= 0.3 is 5.91 Å². The minimum atomic E-state index is -4.41. The summed E-state index contributed by atoms with van der Waals surface area (Å²) in [5.74, 6) is 0.373. The zero-order chi connectivity index (χ0) is 14.1. The van der Waals surface area contributed by atoms with Gasteiger partial charge in [-0.1, -0.05) is 6.92 Å². The number of hydrogen-bond acceptors (Lipinski definition) is 5. The third-order valence-corrected chi connectivity index (χ3v) is 3.07.